The van der Waals surface area contributed by atoms with Gasteiger partial charge in [0.25, 0.3) is 20.2 Å². The maximum Gasteiger partial charge on any atom is 0.279 e. The molecule has 2 unspecified atom stereocenters. The molecular formula is C34H32N6O6S4. The Hall–Kier alpha value is -4.32. The first-order chi connectivity index (χ1) is 24.7. The highest BCUT2D eigenvalue weighted by Gasteiger charge is 2.53. The zero-order chi connectivity index (χ0) is 37.6. The summed E-state index contributed by atoms with van der Waals surface area (Å²) in [5, 5.41) is 7.62. The Labute approximate surface area is 300 Å². The lowest BCUT2D eigenvalue weighted by Crippen LogP contribution is -2.41. The summed E-state index contributed by atoms with van der Waals surface area (Å²) in [5.41, 5.74) is 22.2. The van der Waals surface area contributed by atoms with Crippen molar-refractivity contribution in [3.8, 4) is 11.1 Å². The minimum absolute atomic E-state index is 0.0312. The third-order valence-corrected chi connectivity index (χ3v) is 14.0. The molecule has 16 heteroatoms. The van der Waals surface area contributed by atoms with Gasteiger partial charge in [0.05, 0.1) is 22.8 Å². The van der Waals surface area contributed by atoms with Crippen molar-refractivity contribution in [2.45, 2.75) is 32.1 Å². The number of benzene rings is 4. The highest BCUT2D eigenvalue weighted by Crippen LogP contribution is 2.54. The molecule has 0 spiro atoms. The number of nitrogens with two attached hydrogens (primary N) is 2. The van der Waals surface area contributed by atoms with E-state index in [1.807, 2.05) is 0 Å². The number of thioether (sulfide) groups is 2. The SMILES string of the molecule is [H]/N=N/C1=C(N)c2ccccc2C(c2ccc(-c3ccc(C4(S(=O)(=O)O)CC(/N=N/[H])=C(N)c5ccccc54)c(SC)c3)cc2SC)(S(=O)(=O)O)C1. The smallest absolute Gasteiger partial charge is 0.279 e. The second kappa shape index (κ2) is 12.8. The molecule has 4 aromatic carbocycles. The third kappa shape index (κ3) is 5.20. The number of nitrogens with zero attached hydrogens (tertiary/aromatic N) is 2. The molecule has 0 saturated carbocycles. The Morgan fingerprint density at radius 2 is 1.04 bits per heavy atom. The molecule has 0 aromatic heterocycles. The molecule has 4 aromatic rings. The van der Waals surface area contributed by atoms with Crippen LogP contribution in [0.3, 0.4) is 0 Å². The Morgan fingerprint density at radius 1 is 0.660 bits per heavy atom. The van der Waals surface area contributed by atoms with E-state index in [-0.39, 0.29) is 57.9 Å². The summed E-state index contributed by atoms with van der Waals surface area (Å²) in [4.78, 5) is 1.01. The molecule has 2 aliphatic carbocycles. The molecule has 50 heavy (non-hydrogen) atoms. The lowest BCUT2D eigenvalue weighted by Gasteiger charge is -2.38. The Morgan fingerprint density at radius 3 is 1.38 bits per heavy atom. The van der Waals surface area contributed by atoms with Crippen molar-refractivity contribution in [3.05, 3.63) is 130 Å². The van der Waals surface area contributed by atoms with E-state index in [0.29, 0.717) is 32.0 Å². The molecule has 2 atom stereocenters. The third-order valence-electron chi connectivity index (χ3n) is 9.49. The van der Waals surface area contributed by atoms with Crippen LogP contribution in [0.1, 0.15) is 46.2 Å². The fourth-order valence-corrected chi connectivity index (χ4v) is 11.1. The average Bonchev–Trinajstić information content (AvgIpc) is 3.13. The van der Waals surface area contributed by atoms with Crippen molar-refractivity contribution in [2.24, 2.45) is 21.7 Å². The Balaban J connectivity index is 1.55. The van der Waals surface area contributed by atoms with Crippen molar-refractivity contribution < 1.29 is 28.8 Å². The number of fused-ring (bicyclic) bond motifs is 2. The summed E-state index contributed by atoms with van der Waals surface area (Å²) >= 11 is 2.51. The number of allylic oxidation sites excluding steroid dienone is 2. The molecule has 0 bridgehead atoms. The van der Waals surface area contributed by atoms with Gasteiger partial charge in [0, 0.05) is 33.8 Å². The van der Waals surface area contributed by atoms with Crippen molar-refractivity contribution in [1.29, 1.82) is 11.0 Å². The lowest BCUT2D eigenvalue weighted by molar-refractivity contribution is 0.437. The second-order valence-electron chi connectivity index (χ2n) is 11.8. The number of hydrogen-bond acceptors (Lipinski definition) is 12. The van der Waals surface area contributed by atoms with Crippen LogP contribution in [0.25, 0.3) is 22.5 Å². The molecular weight excluding hydrogens is 717 g/mol. The molecule has 0 aliphatic heterocycles. The first kappa shape index (κ1) is 32.9. The van der Waals surface area contributed by atoms with E-state index >= 15 is 0 Å². The molecule has 0 fully saturated rings. The quantitative estimate of drug-likeness (QED) is 0.0573. The molecule has 0 saturated heterocycles. The summed E-state index contributed by atoms with van der Waals surface area (Å²) in [7, 11) is -9.83. The van der Waals surface area contributed by atoms with Crippen molar-refractivity contribution >= 4 is 55.2 Å². The van der Waals surface area contributed by atoms with Crippen LogP contribution >= 0.6 is 23.5 Å². The van der Waals surface area contributed by atoms with Crippen LogP contribution < -0.4 is 11.5 Å². The molecule has 8 N–H and O–H groups in total. The number of nitrogens with one attached hydrogen (secondary N) is 2. The van der Waals surface area contributed by atoms with Gasteiger partial charge in [-0.05, 0) is 58.0 Å². The summed E-state index contributed by atoms with van der Waals surface area (Å²) in [6.45, 7) is 0. The topological polar surface area (TPSA) is 233 Å². The van der Waals surface area contributed by atoms with Gasteiger partial charge in [-0.1, -0.05) is 72.8 Å². The lowest BCUT2D eigenvalue weighted by atomic mass is 9.78. The first-order valence-corrected chi connectivity index (χ1v) is 20.2. The summed E-state index contributed by atoms with van der Waals surface area (Å²) in [5.74, 6) is 0. The highest BCUT2D eigenvalue weighted by molar-refractivity contribution is 7.99. The molecule has 2 aliphatic rings. The van der Waals surface area contributed by atoms with Gasteiger partial charge >= 0.3 is 0 Å². The number of rotatable bonds is 9. The minimum atomic E-state index is -4.91. The summed E-state index contributed by atoms with van der Waals surface area (Å²) in [6, 6.07) is 23.2. The van der Waals surface area contributed by atoms with Crippen molar-refractivity contribution in [2.75, 3.05) is 12.5 Å². The van der Waals surface area contributed by atoms with Gasteiger partial charge < -0.3 is 11.5 Å². The van der Waals surface area contributed by atoms with E-state index in [1.54, 1.807) is 97.4 Å². The van der Waals surface area contributed by atoms with Gasteiger partial charge in [-0.3, -0.25) is 9.11 Å². The van der Waals surface area contributed by atoms with Crippen LogP contribution in [0.4, 0.5) is 0 Å². The van der Waals surface area contributed by atoms with Crippen LogP contribution in [0, 0.1) is 11.0 Å². The van der Waals surface area contributed by atoms with Gasteiger partial charge in [-0.2, -0.15) is 27.1 Å². The van der Waals surface area contributed by atoms with E-state index in [1.165, 1.54) is 23.5 Å². The van der Waals surface area contributed by atoms with E-state index in [0.717, 1.165) is 0 Å². The van der Waals surface area contributed by atoms with Gasteiger partial charge in [-0.15, -0.1) is 23.5 Å². The van der Waals surface area contributed by atoms with Gasteiger partial charge in [0.15, 0.2) is 9.49 Å². The Bertz CT molecular complexity index is 2300. The van der Waals surface area contributed by atoms with Gasteiger partial charge in [0.1, 0.15) is 0 Å². The maximum absolute atomic E-state index is 13.6. The van der Waals surface area contributed by atoms with E-state index in [4.69, 9.17) is 14.3 Å². The largest absolute Gasteiger partial charge is 0.397 e. The van der Waals surface area contributed by atoms with Gasteiger partial charge in [0.2, 0.25) is 2.82 Å². The molecule has 0 heterocycles. The maximum atomic E-state index is 13.6. The molecule has 0 radical (unpaired) electrons. The summed E-state index contributed by atoms with van der Waals surface area (Å²) in [6.07, 6.45) is 2.77. The Kier molecular flexibility index (Phi) is 8.40. The molecule has 0 amide bonds. The first-order valence-electron chi connectivity index (χ1n) is 15.8. The standard InChI is InChI=1S/C34H32N6O6S4/c1-47-29-15-19(11-13-25(29)33(49(41,42)43)17-27(39-37)31(35)21-7-3-5-9-23(21)33)20-12-14-26(30(16-20)48-2)34(50(44,45)46)18-28(40-38)32(36)22-8-4-6-10-24(22)34/h3-16,37-38H,17-18,35-36H2,1-2H3,(H,41,42,43)(H,44,45,46)/b39-37+,40-38+. The zero-order valence-corrected chi connectivity index (χ0v) is 29.9. The molecule has 258 valence electrons. The second-order valence-corrected chi connectivity index (χ2v) is 16.8. The number of hydrogen-bond donors (Lipinski definition) is 6. The average molecular weight is 749 g/mol. The summed E-state index contributed by atoms with van der Waals surface area (Å²) < 4.78 is 86.8. The minimum Gasteiger partial charge on any atom is -0.397 e. The van der Waals surface area contributed by atoms with E-state index in [9.17, 15) is 25.9 Å². The predicted molar refractivity (Wildman–Crippen MR) is 195 cm³/mol. The van der Waals surface area contributed by atoms with Crippen LogP contribution in [0.15, 0.2) is 116 Å². The van der Waals surface area contributed by atoms with E-state index < -0.39 is 29.7 Å². The van der Waals surface area contributed by atoms with Crippen molar-refractivity contribution in [3.63, 3.8) is 0 Å². The van der Waals surface area contributed by atoms with Crippen LogP contribution in [-0.2, 0) is 29.7 Å². The fourth-order valence-electron chi connectivity index (χ4n) is 7.11. The fraction of sp³-hybridized carbons (Fsp3) is 0.176. The van der Waals surface area contributed by atoms with Crippen LogP contribution in [-0.4, -0.2) is 38.5 Å². The van der Waals surface area contributed by atoms with Gasteiger partial charge in [-0.25, -0.2) is 11.0 Å². The predicted octanol–water partition coefficient (Wildman–Crippen LogP) is 7.18. The normalized spacial score (nSPS) is 21.7. The van der Waals surface area contributed by atoms with Crippen molar-refractivity contribution in [1.82, 2.24) is 0 Å². The zero-order valence-electron chi connectivity index (χ0n) is 28.6. The van der Waals surface area contributed by atoms with E-state index in [2.05, 4.69) is 21.3 Å². The van der Waals surface area contributed by atoms with Crippen LogP contribution in [0.2, 0.25) is 2.82 Å². The van der Waals surface area contributed by atoms with Crippen LogP contribution in [0.5, 0.6) is 0 Å². The monoisotopic (exact) mass is 748 g/mol. The molecule has 6 rings (SSSR count). The highest BCUT2D eigenvalue weighted by atomic mass is 32.2. The molecule has 12 nitrogen and oxygen atoms in total.